The number of fused-ring (bicyclic) bond motifs is 1. The summed E-state index contributed by atoms with van der Waals surface area (Å²) >= 11 is 0. The highest BCUT2D eigenvalue weighted by molar-refractivity contribution is 5.75. The van der Waals surface area contributed by atoms with Gasteiger partial charge in [-0.2, -0.15) is 0 Å². The monoisotopic (exact) mass is 234 g/mol. The Morgan fingerprint density at radius 1 is 1.41 bits per heavy atom. The molecule has 0 fully saturated rings. The molecule has 5 heteroatoms. The minimum atomic E-state index is -0.439. The Morgan fingerprint density at radius 2 is 2.12 bits per heavy atom. The lowest BCUT2D eigenvalue weighted by Gasteiger charge is -2.30. The third-order valence-electron chi connectivity index (χ3n) is 2.61. The highest BCUT2D eigenvalue weighted by Crippen LogP contribution is 2.37. The summed E-state index contributed by atoms with van der Waals surface area (Å²) in [7, 11) is 0. The molecule has 0 bridgehead atoms. The molecule has 1 aromatic rings. The number of aliphatic imine (C=N–C) groups is 1. The lowest BCUT2D eigenvalue weighted by atomic mass is 9.89. The summed E-state index contributed by atoms with van der Waals surface area (Å²) in [5.41, 5.74) is 0.488. The predicted molar refractivity (Wildman–Crippen MR) is 65.1 cm³/mol. The van der Waals surface area contributed by atoms with Crippen LogP contribution < -0.4 is 4.74 Å². The Hall–Kier alpha value is -1.91. The van der Waals surface area contributed by atoms with Gasteiger partial charge in [-0.05, 0) is 6.07 Å². The Labute approximate surface area is 99.3 Å². The lowest BCUT2D eigenvalue weighted by molar-refractivity contribution is -0.384. The molecule has 17 heavy (non-hydrogen) atoms. The van der Waals surface area contributed by atoms with Crippen molar-refractivity contribution in [3.8, 4) is 5.75 Å². The first-order chi connectivity index (χ1) is 7.88. The van der Waals surface area contributed by atoms with Crippen LogP contribution in [0.15, 0.2) is 23.2 Å². The van der Waals surface area contributed by atoms with Crippen LogP contribution in [-0.2, 0) is 0 Å². The first-order valence-corrected chi connectivity index (χ1v) is 5.37. The zero-order valence-electron chi connectivity index (χ0n) is 10.0. The van der Waals surface area contributed by atoms with Gasteiger partial charge in [0.05, 0.1) is 4.92 Å². The maximum absolute atomic E-state index is 10.6. The van der Waals surface area contributed by atoms with Crippen LogP contribution in [0.5, 0.6) is 5.75 Å². The van der Waals surface area contributed by atoms with Crippen molar-refractivity contribution in [3.05, 3.63) is 28.3 Å². The quantitative estimate of drug-likeness (QED) is 0.554. The largest absolute Gasteiger partial charge is 0.482 e. The predicted octanol–water partition coefficient (Wildman–Crippen LogP) is 3.10. The summed E-state index contributed by atoms with van der Waals surface area (Å²) in [6.45, 7) is 6.17. The van der Waals surface area contributed by atoms with Gasteiger partial charge in [0.1, 0.15) is 17.5 Å². The van der Waals surface area contributed by atoms with Gasteiger partial charge in [-0.3, -0.25) is 15.1 Å². The topological polar surface area (TPSA) is 64.7 Å². The first-order valence-electron chi connectivity index (χ1n) is 5.37. The molecule has 0 saturated heterocycles. The molecule has 1 aliphatic rings. The fraction of sp³-hybridized carbons (Fsp3) is 0.417. The van der Waals surface area contributed by atoms with E-state index < -0.39 is 4.92 Å². The van der Waals surface area contributed by atoms with E-state index in [2.05, 4.69) is 25.8 Å². The van der Waals surface area contributed by atoms with Crippen LogP contribution in [0.1, 0.15) is 20.8 Å². The van der Waals surface area contributed by atoms with E-state index in [1.54, 1.807) is 12.3 Å². The molecule has 5 nitrogen and oxygen atoms in total. The second-order valence-electron chi connectivity index (χ2n) is 5.09. The van der Waals surface area contributed by atoms with E-state index >= 15 is 0 Å². The average Bonchev–Trinajstić information content (AvgIpc) is 2.26. The van der Waals surface area contributed by atoms with Gasteiger partial charge in [0.15, 0.2) is 0 Å². The standard InChI is InChI=1S/C12H14N2O3/c1-12(2,3)11-7-13-9-6-8(14(15)16)4-5-10(9)17-11/h4-7,11H,1-3H3. The van der Waals surface area contributed by atoms with E-state index in [1.165, 1.54) is 12.1 Å². The van der Waals surface area contributed by atoms with Gasteiger partial charge in [0.2, 0.25) is 0 Å². The highest BCUT2D eigenvalue weighted by Gasteiger charge is 2.28. The van der Waals surface area contributed by atoms with E-state index in [-0.39, 0.29) is 17.2 Å². The molecule has 0 N–H and O–H groups in total. The van der Waals surface area contributed by atoms with E-state index in [1.807, 2.05) is 0 Å². The fourth-order valence-corrected chi connectivity index (χ4v) is 1.54. The molecule has 1 aromatic carbocycles. The van der Waals surface area contributed by atoms with Gasteiger partial charge in [0, 0.05) is 23.8 Å². The number of ether oxygens (including phenoxy) is 1. The minimum absolute atomic E-state index is 0.0266. The van der Waals surface area contributed by atoms with Crippen LogP contribution >= 0.6 is 0 Å². The normalized spacial score (nSPS) is 18.4. The van der Waals surface area contributed by atoms with E-state index in [4.69, 9.17) is 4.74 Å². The minimum Gasteiger partial charge on any atom is -0.482 e. The smallest absolute Gasteiger partial charge is 0.271 e. The Balaban J connectivity index is 2.33. The van der Waals surface area contributed by atoms with Crippen molar-refractivity contribution in [1.82, 2.24) is 0 Å². The zero-order valence-corrected chi connectivity index (χ0v) is 10.0. The number of hydrogen-bond donors (Lipinski definition) is 0. The molecule has 90 valence electrons. The number of non-ortho nitro benzene ring substituents is 1. The first kappa shape index (κ1) is 11.6. The van der Waals surface area contributed by atoms with Gasteiger partial charge in [-0.15, -0.1) is 0 Å². The maximum atomic E-state index is 10.6. The van der Waals surface area contributed by atoms with Gasteiger partial charge in [-0.1, -0.05) is 20.8 Å². The maximum Gasteiger partial charge on any atom is 0.271 e. The molecule has 1 heterocycles. The SMILES string of the molecule is CC(C)(C)C1C=Nc2cc([N+](=O)[O-])ccc2O1. The molecule has 0 aliphatic carbocycles. The zero-order chi connectivity index (χ0) is 12.6. The van der Waals surface area contributed by atoms with Gasteiger partial charge >= 0.3 is 0 Å². The van der Waals surface area contributed by atoms with Crippen molar-refractivity contribution in [2.45, 2.75) is 26.9 Å². The van der Waals surface area contributed by atoms with Crippen LogP contribution in [-0.4, -0.2) is 17.2 Å². The van der Waals surface area contributed by atoms with Crippen molar-refractivity contribution < 1.29 is 9.66 Å². The summed E-state index contributed by atoms with van der Waals surface area (Å²) in [5.74, 6) is 0.595. The molecule has 0 aromatic heterocycles. The molecular weight excluding hydrogens is 220 g/mol. The number of benzene rings is 1. The van der Waals surface area contributed by atoms with Crippen molar-refractivity contribution in [2.24, 2.45) is 10.4 Å². The lowest BCUT2D eigenvalue weighted by Crippen LogP contribution is -2.34. The Kier molecular flexibility index (Phi) is 2.61. The average molecular weight is 234 g/mol. The van der Waals surface area contributed by atoms with Gasteiger partial charge in [-0.25, -0.2) is 0 Å². The van der Waals surface area contributed by atoms with Crippen molar-refractivity contribution in [3.63, 3.8) is 0 Å². The third-order valence-corrected chi connectivity index (χ3v) is 2.61. The molecule has 1 unspecified atom stereocenters. The molecule has 2 rings (SSSR count). The van der Waals surface area contributed by atoms with Crippen LogP contribution in [0.25, 0.3) is 0 Å². The summed E-state index contributed by atoms with van der Waals surface area (Å²) in [4.78, 5) is 14.4. The fourth-order valence-electron chi connectivity index (χ4n) is 1.54. The van der Waals surface area contributed by atoms with Crippen molar-refractivity contribution in [1.29, 1.82) is 0 Å². The third kappa shape index (κ3) is 2.27. The number of hydrogen-bond acceptors (Lipinski definition) is 4. The summed E-state index contributed by atoms with van der Waals surface area (Å²) in [5, 5.41) is 10.6. The van der Waals surface area contributed by atoms with Crippen LogP contribution in [0.3, 0.4) is 0 Å². The van der Waals surface area contributed by atoms with Crippen LogP contribution in [0.4, 0.5) is 11.4 Å². The Bertz CT molecular complexity index is 489. The van der Waals surface area contributed by atoms with Gasteiger partial charge in [0.25, 0.3) is 5.69 Å². The molecule has 0 amide bonds. The second-order valence-corrected chi connectivity index (χ2v) is 5.09. The second kappa shape index (κ2) is 3.84. The number of nitrogens with zero attached hydrogens (tertiary/aromatic N) is 2. The summed E-state index contributed by atoms with van der Waals surface area (Å²) in [6.07, 6.45) is 1.59. The molecule has 1 aliphatic heterocycles. The molecule has 0 radical (unpaired) electrons. The van der Waals surface area contributed by atoms with E-state index in [9.17, 15) is 10.1 Å². The van der Waals surface area contributed by atoms with E-state index in [0.717, 1.165) is 0 Å². The van der Waals surface area contributed by atoms with Gasteiger partial charge < -0.3 is 4.74 Å². The number of nitro benzene ring substituents is 1. The summed E-state index contributed by atoms with van der Waals surface area (Å²) in [6, 6.07) is 4.45. The molecule has 0 saturated carbocycles. The molecular formula is C12H14N2O3. The summed E-state index contributed by atoms with van der Waals surface area (Å²) < 4.78 is 5.76. The van der Waals surface area contributed by atoms with Crippen LogP contribution in [0.2, 0.25) is 0 Å². The Morgan fingerprint density at radius 3 is 2.71 bits per heavy atom. The van der Waals surface area contributed by atoms with Crippen LogP contribution in [0, 0.1) is 15.5 Å². The van der Waals surface area contributed by atoms with Crippen molar-refractivity contribution in [2.75, 3.05) is 0 Å². The van der Waals surface area contributed by atoms with Crippen molar-refractivity contribution >= 4 is 17.6 Å². The molecule has 0 spiro atoms. The number of nitro groups is 1. The number of rotatable bonds is 1. The van der Waals surface area contributed by atoms with E-state index in [0.29, 0.717) is 11.4 Å². The molecule has 1 atom stereocenters. The highest BCUT2D eigenvalue weighted by atomic mass is 16.6.